The number of carbonyl (C=O) groups excluding carboxylic acids is 3. The summed E-state index contributed by atoms with van der Waals surface area (Å²) < 4.78 is 0. The highest BCUT2D eigenvalue weighted by molar-refractivity contribution is 5.97. The second-order valence-corrected chi connectivity index (χ2v) is 6.93. The SMILES string of the molecule is CC(=O)Nc1ccc(N(CCC(=O)N2CCCc3ccccc32)C(C)=O)cc1. The van der Waals surface area contributed by atoms with Crippen molar-refractivity contribution in [3.8, 4) is 0 Å². The standard InChI is InChI=1S/C22H25N3O3/c1-16(26)23-19-9-11-20(12-10-19)24(17(2)27)15-13-22(28)25-14-5-7-18-6-3-4-8-21(18)25/h3-4,6,8-12H,5,7,13-15H2,1-2H3,(H,23,26). The van der Waals surface area contributed by atoms with Crippen molar-refractivity contribution in [1.29, 1.82) is 0 Å². The van der Waals surface area contributed by atoms with Crippen LogP contribution in [0.25, 0.3) is 0 Å². The third-order valence-corrected chi connectivity index (χ3v) is 4.84. The fourth-order valence-corrected chi connectivity index (χ4v) is 3.53. The molecule has 0 spiro atoms. The molecule has 1 N–H and O–H groups in total. The van der Waals surface area contributed by atoms with Crippen LogP contribution in [0.2, 0.25) is 0 Å². The summed E-state index contributed by atoms with van der Waals surface area (Å²) in [5.41, 5.74) is 3.54. The summed E-state index contributed by atoms with van der Waals surface area (Å²) in [5, 5.41) is 2.70. The van der Waals surface area contributed by atoms with E-state index in [0.29, 0.717) is 24.5 Å². The predicted molar refractivity (Wildman–Crippen MR) is 111 cm³/mol. The van der Waals surface area contributed by atoms with E-state index in [4.69, 9.17) is 0 Å². The van der Waals surface area contributed by atoms with Crippen molar-refractivity contribution < 1.29 is 14.4 Å². The fraction of sp³-hybridized carbons (Fsp3) is 0.318. The van der Waals surface area contributed by atoms with Crippen LogP contribution in [0.5, 0.6) is 0 Å². The van der Waals surface area contributed by atoms with Crippen LogP contribution >= 0.6 is 0 Å². The van der Waals surface area contributed by atoms with Crippen LogP contribution in [0.15, 0.2) is 48.5 Å². The van der Waals surface area contributed by atoms with Crippen LogP contribution in [0.1, 0.15) is 32.3 Å². The average molecular weight is 379 g/mol. The van der Waals surface area contributed by atoms with Gasteiger partial charge in [0.05, 0.1) is 0 Å². The molecule has 0 saturated heterocycles. The molecule has 0 atom stereocenters. The lowest BCUT2D eigenvalue weighted by Gasteiger charge is -2.30. The Labute approximate surface area is 165 Å². The van der Waals surface area contributed by atoms with E-state index in [1.165, 1.54) is 19.4 Å². The minimum absolute atomic E-state index is 0.0215. The molecule has 2 aromatic rings. The Hall–Kier alpha value is -3.15. The van der Waals surface area contributed by atoms with Crippen LogP contribution in [0.3, 0.4) is 0 Å². The molecule has 1 aliphatic rings. The summed E-state index contributed by atoms with van der Waals surface area (Å²) in [6, 6.07) is 15.0. The Morgan fingerprint density at radius 1 is 1.04 bits per heavy atom. The van der Waals surface area contributed by atoms with Crippen LogP contribution in [0, 0.1) is 0 Å². The maximum atomic E-state index is 12.8. The number of aryl methyl sites for hydroxylation is 1. The lowest BCUT2D eigenvalue weighted by molar-refractivity contribution is -0.119. The molecule has 0 fully saturated rings. The molecule has 3 rings (SSSR count). The summed E-state index contributed by atoms with van der Waals surface area (Å²) >= 11 is 0. The van der Waals surface area contributed by atoms with E-state index in [2.05, 4.69) is 11.4 Å². The first-order chi connectivity index (χ1) is 13.5. The molecule has 6 nitrogen and oxygen atoms in total. The molecule has 0 aromatic heterocycles. The summed E-state index contributed by atoms with van der Waals surface area (Å²) in [7, 11) is 0. The number of hydrogen-bond acceptors (Lipinski definition) is 3. The highest BCUT2D eigenvalue weighted by Gasteiger charge is 2.23. The molecule has 1 aliphatic heterocycles. The molecular formula is C22H25N3O3. The first-order valence-electron chi connectivity index (χ1n) is 9.50. The van der Waals surface area contributed by atoms with E-state index in [1.807, 2.05) is 23.1 Å². The Kier molecular flexibility index (Phi) is 6.09. The van der Waals surface area contributed by atoms with E-state index in [1.54, 1.807) is 29.2 Å². The second-order valence-electron chi connectivity index (χ2n) is 6.93. The zero-order chi connectivity index (χ0) is 20.1. The molecule has 0 unspecified atom stereocenters. The topological polar surface area (TPSA) is 69.7 Å². The monoisotopic (exact) mass is 379 g/mol. The highest BCUT2D eigenvalue weighted by Crippen LogP contribution is 2.27. The predicted octanol–water partition coefficient (Wildman–Crippen LogP) is 3.37. The zero-order valence-corrected chi connectivity index (χ0v) is 16.3. The molecule has 0 saturated carbocycles. The third-order valence-electron chi connectivity index (χ3n) is 4.84. The van der Waals surface area contributed by atoms with Gasteiger partial charge in [0.15, 0.2) is 0 Å². The zero-order valence-electron chi connectivity index (χ0n) is 16.3. The molecule has 0 radical (unpaired) electrons. The largest absolute Gasteiger partial charge is 0.326 e. The van der Waals surface area contributed by atoms with Gasteiger partial charge in [0.25, 0.3) is 0 Å². The minimum atomic E-state index is -0.149. The van der Waals surface area contributed by atoms with Gasteiger partial charge in [0.2, 0.25) is 17.7 Å². The van der Waals surface area contributed by atoms with Gasteiger partial charge in [0, 0.05) is 50.4 Å². The van der Waals surface area contributed by atoms with Crippen LogP contribution in [-0.2, 0) is 20.8 Å². The molecule has 146 valence electrons. The van der Waals surface area contributed by atoms with E-state index < -0.39 is 0 Å². The van der Waals surface area contributed by atoms with Gasteiger partial charge in [-0.15, -0.1) is 0 Å². The molecule has 6 heteroatoms. The number of anilines is 3. The molecular weight excluding hydrogens is 354 g/mol. The molecule has 0 bridgehead atoms. The van der Waals surface area contributed by atoms with Crippen molar-refractivity contribution in [2.75, 3.05) is 28.2 Å². The van der Waals surface area contributed by atoms with Gasteiger partial charge < -0.3 is 15.1 Å². The Morgan fingerprint density at radius 2 is 1.75 bits per heavy atom. The maximum Gasteiger partial charge on any atom is 0.228 e. The molecule has 0 aliphatic carbocycles. The fourth-order valence-electron chi connectivity index (χ4n) is 3.53. The third kappa shape index (κ3) is 4.57. The van der Waals surface area contributed by atoms with Crippen molar-refractivity contribution in [2.45, 2.75) is 33.1 Å². The van der Waals surface area contributed by atoms with Gasteiger partial charge in [-0.1, -0.05) is 18.2 Å². The Morgan fingerprint density at radius 3 is 2.43 bits per heavy atom. The van der Waals surface area contributed by atoms with E-state index in [9.17, 15) is 14.4 Å². The van der Waals surface area contributed by atoms with E-state index in [-0.39, 0.29) is 24.1 Å². The molecule has 3 amide bonds. The minimum Gasteiger partial charge on any atom is -0.326 e. The van der Waals surface area contributed by atoms with Crippen molar-refractivity contribution in [2.24, 2.45) is 0 Å². The van der Waals surface area contributed by atoms with Crippen molar-refractivity contribution >= 4 is 34.8 Å². The first kappa shape index (κ1) is 19.6. The number of nitrogens with zero attached hydrogens (tertiary/aromatic N) is 2. The van der Waals surface area contributed by atoms with Crippen molar-refractivity contribution in [3.05, 3.63) is 54.1 Å². The van der Waals surface area contributed by atoms with Crippen LogP contribution < -0.4 is 15.1 Å². The van der Waals surface area contributed by atoms with Gasteiger partial charge in [0.1, 0.15) is 0 Å². The van der Waals surface area contributed by atoms with Gasteiger partial charge >= 0.3 is 0 Å². The normalized spacial score (nSPS) is 12.9. The summed E-state index contributed by atoms with van der Waals surface area (Å²) in [4.78, 5) is 39.5. The number of amides is 3. The number of fused-ring (bicyclic) bond motifs is 1. The maximum absolute atomic E-state index is 12.8. The number of hydrogen-bond donors (Lipinski definition) is 1. The number of para-hydroxylation sites is 1. The second kappa shape index (κ2) is 8.69. The first-order valence-corrected chi connectivity index (χ1v) is 9.50. The summed E-state index contributed by atoms with van der Waals surface area (Å²) in [5.74, 6) is -0.254. The number of rotatable bonds is 5. The lowest BCUT2D eigenvalue weighted by Crippen LogP contribution is -2.38. The van der Waals surface area contributed by atoms with E-state index in [0.717, 1.165) is 18.5 Å². The number of nitrogens with one attached hydrogen (secondary N) is 1. The van der Waals surface area contributed by atoms with Crippen LogP contribution in [-0.4, -0.2) is 30.8 Å². The average Bonchev–Trinajstić information content (AvgIpc) is 2.68. The summed E-state index contributed by atoms with van der Waals surface area (Å²) in [6.45, 7) is 3.95. The number of benzene rings is 2. The van der Waals surface area contributed by atoms with E-state index >= 15 is 0 Å². The quantitative estimate of drug-likeness (QED) is 0.866. The van der Waals surface area contributed by atoms with Crippen LogP contribution in [0.4, 0.5) is 17.1 Å². The van der Waals surface area contributed by atoms with Crippen molar-refractivity contribution in [3.63, 3.8) is 0 Å². The molecule has 2 aromatic carbocycles. The van der Waals surface area contributed by atoms with Gasteiger partial charge in [-0.3, -0.25) is 14.4 Å². The summed E-state index contributed by atoms with van der Waals surface area (Å²) in [6.07, 6.45) is 2.19. The Bertz CT molecular complexity index is 877. The highest BCUT2D eigenvalue weighted by atomic mass is 16.2. The molecule has 28 heavy (non-hydrogen) atoms. The van der Waals surface area contributed by atoms with Crippen molar-refractivity contribution in [1.82, 2.24) is 0 Å². The van der Waals surface area contributed by atoms with Gasteiger partial charge in [-0.25, -0.2) is 0 Å². The van der Waals surface area contributed by atoms with Gasteiger partial charge in [-0.2, -0.15) is 0 Å². The molecule has 1 heterocycles. The Balaban J connectivity index is 1.68. The lowest BCUT2D eigenvalue weighted by atomic mass is 10.0. The van der Waals surface area contributed by atoms with Gasteiger partial charge in [-0.05, 0) is 48.7 Å². The smallest absolute Gasteiger partial charge is 0.228 e. The number of carbonyl (C=O) groups is 3.